The summed E-state index contributed by atoms with van der Waals surface area (Å²) >= 11 is 0. The molecule has 3 atom stereocenters. The minimum atomic E-state index is -4.71. The van der Waals surface area contributed by atoms with E-state index in [1.807, 2.05) is 0 Å². The van der Waals surface area contributed by atoms with E-state index in [2.05, 4.69) is 30.5 Å². The molecule has 0 aliphatic carbocycles. The van der Waals surface area contributed by atoms with Crippen molar-refractivity contribution < 1.29 is 47.5 Å². The van der Waals surface area contributed by atoms with E-state index < -0.39 is 51.1 Å². The summed E-state index contributed by atoms with van der Waals surface area (Å²) in [5, 5.41) is 8.88. The highest BCUT2D eigenvalue weighted by Crippen LogP contribution is 2.43. The molecule has 0 aromatic heterocycles. The molecule has 0 spiro atoms. The van der Waals surface area contributed by atoms with Gasteiger partial charge >= 0.3 is 25.7 Å². The van der Waals surface area contributed by atoms with Crippen LogP contribution in [0.15, 0.2) is 12.2 Å². The second-order valence-electron chi connectivity index (χ2n) is 15.2. The fourth-order valence-corrected chi connectivity index (χ4v) is 7.02. The van der Waals surface area contributed by atoms with E-state index in [9.17, 15) is 23.8 Å². The monoisotopic (exact) mass is 804 g/mol. The predicted octanol–water partition coefficient (Wildman–Crippen LogP) is 11.7. The van der Waals surface area contributed by atoms with Crippen molar-refractivity contribution in [3.05, 3.63) is 12.2 Å². The Hall–Kier alpha value is -1.78. The molecule has 4 N–H and O–H groups in total. The van der Waals surface area contributed by atoms with Crippen LogP contribution < -0.4 is 5.73 Å². The highest BCUT2D eigenvalue weighted by atomic mass is 31.2. The molecule has 0 aromatic carbocycles. The maximum atomic E-state index is 12.6. The molecule has 12 heteroatoms. The fourth-order valence-electron chi connectivity index (χ4n) is 6.24. The molecule has 0 radical (unpaired) electrons. The van der Waals surface area contributed by atoms with Crippen molar-refractivity contribution in [1.82, 2.24) is 0 Å². The molecule has 0 aliphatic heterocycles. The maximum Gasteiger partial charge on any atom is 0.472 e. The van der Waals surface area contributed by atoms with Gasteiger partial charge in [0.1, 0.15) is 12.6 Å². The summed E-state index contributed by atoms with van der Waals surface area (Å²) in [5.41, 5.74) is 5.33. The molecule has 0 fully saturated rings. The lowest BCUT2D eigenvalue weighted by Crippen LogP contribution is -2.34. The summed E-state index contributed by atoms with van der Waals surface area (Å²) in [7, 11) is -4.71. The third-order valence-electron chi connectivity index (χ3n) is 9.76. The molecule has 1 unspecified atom stereocenters. The Balaban J connectivity index is 4.31. The van der Waals surface area contributed by atoms with Crippen LogP contribution in [0.25, 0.3) is 0 Å². The van der Waals surface area contributed by atoms with E-state index >= 15 is 0 Å². The van der Waals surface area contributed by atoms with Gasteiger partial charge in [0.2, 0.25) is 0 Å². The Morgan fingerprint density at radius 2 is 0.909 bits per heavy atom. The Morgan fingerprint density at radius 3 is 1.33 bits per heavy atom. The molecule has 0 rings (SSSR count). The van der Waals surface area contributed by atoms with Crippen LogP contribution in [0.1, 0.15) is 213 Å². The van der Waals surface area contributed by atoms with Gasteiger partial charge in [-0.2, -0.15) is 0 Å². The Bertz CT molecular complexity index is 995. The van der Waals surface area contributed by atoms with Crippen molar-refractivity contribution in [1.29, 1.82) is 0 Å². The quantitative estimate of drug-likeness (QED) is 0.0232. The summed E-state index contributed by atoms with van der Waals surface area (Å²) in [4.78, 5) is 45.9. The number of carboxylic acids is 1. The number of carbonyl (C=O) groups excluding carboxylic acids is 2. The fraction of sp³-hybridized carbons (Fsp3) is 0.884. The summed E-state index contributed by atoms with van der Waals surface area (Å²) in [5.74, 6) is -2.37. The van der Waals surface area contributed by atoms with Gasteiger partial charge in [0.05, 0.1) is 13.2 Å². The van der Waals surface area contributed by atoms with Crippen molar-refractivity contribution in [2.45, 2.75) is 225 Å². The number of phosphoric acid groups is 1. The lowest BCUT2D eigenvalue weighted by atomic mass is 10.0. The van der Waals surface area contributed by atoms with Gasteiger partial charge in [-0.15, -0.1) is 0 Å². The van der Waals surface area contributed by atoms with Crippen LogP contribution in [0.3, 0.4) is 0 Å². The van der Waals surface area contributed by atoms with E-state index in [1.165, 1.54) is 135 Å². The van der Waals surface area contributed by atoms with Crippen LogP contribution >= 0.6 is 7.82 Å². The first-order chi connectivity index (χ1) is 26.6. The van der Waals surface area contributed by atoms with Gasteiger partial charge < -0.3 is 25.2 Å². The van der Waals surface area contributed by atoms with E-state index in [0.29, 0.717) is 12.8 Å². The van der Waals surface area contributed by atoms with E-state index in [1.54, 1.807) is 0 Å². The van der Waals surface area contributed by atoms with E-state index in [4.69, 9.17) is 24.8 Å². The van der Waals surface area contributed by atoms with Crippen LogP contribution in [0.2, 0.25) is 0 Å². The Kier molecular flexibility index (Phi) is 37.8. The highest BCUT2D eigenvalue weighted by Gasteiger charge is 2.28. The average molecular weight is 804 g/mol. The van der Waals surface area contributed by atoms with Crippen LogP contribution in [0, 0.1) is 0 Å². The molecule has 11 nitrogen and oxygen atoms in total. The number of rotatable bonds is 42. The molecular formula is C43H82NO10P. The SMILES string of the molecule is CCCCCCC/C=C\CCCCCCCCCCCC(=O)O[C@H](COC(=O)CCCCCCCCCCCCCCC)COP(=O)(O)OC[C@H](N)C(=O)O. The molecular weight excluding hydrogens is 721 g/mol. The van der Waals surface area contributed by atoms with E-state index in [-0.39, 0.29) is 19.4 Å². The Labute approximate surface area is 335 Å². The first-order valence-electron chi connectivity index (χ1n) is 22.2. The minimum Gasteiger partial charge on any atom is -0.480 e. The molecule has 0 bridgehead atoms. The number of carbonyl (C=O) groups is 3. The van der Waals surface area contributed by atoms with Crippen molar-refractivity contribution in [3.8, 4) is 0 Å². The second-order valence-corrected chi connectivity index (χ2v) is 16.6. The minimum absolute atomic E-state index is 0.163. The number of ether oxygens (including phenoxy) is 2. The zero-order valence-corrected chi connectivity index (χ0v) is 35.9. The van der Waals surface area contributed by atoms with Gasteiger partial charge in [-0.1, -0.05) is 174 Å². The number of hydrogen-bond donors (Lipinski definition) is 3. The number of carboxylic acid groups (broad SMARTS) is 1. The van der Waals surface area contributed by atoms with Gasteiger partial charge in [-0.25, -0.2) is 4.57 Å². The van der Waals surface area contributed by atoms with Gasteiger partial charge in [-0.3, -0.25) is 23.4 Å². The first-order valence-corrected chi connectivity index (χ1v) is 23.7. The topological polar surface area (TPSA) is 172 Å². The number of nitrogens with two attached hydrogens (primary N) is 1. The largest absolute Gasteiger partial charge is 0.480 e. The van der Waals surface area contributed by atoms with Crippen LogP contribution in [0.5, 0.6) is 0 Å². The molecule has 0 saturated carbocycles. The number of phosphoric ester groups is 1. The number of unbranched alkanes of at least 4 members (excludes halogenated alkanes) is 26. The van der Waals surface area contributed by atoms with Crippen LogP contribution in [-0.4, -0.2) is 59.9 Å². The molecule has 0 heterocycles. The third kappa shape index (κ3) is 38.9. The zero-order valence-electron chi connectivity index (χ0n) is 35.0. The van der Waals surface area contributed by atoms with Crippen molar-refractivity contribution in [2.75, 3.05) is 19.8 Å². The zero-order chi connectivity index (χ0) is 40.7. The van der Waals surface area contributed by atoms with Crippen LogP contribution in [-0.2, 0) is 37.5 Å². The number of aliphatic carboxylic acids is 1. The molecule has 0 saturated heterocycles. The Morgan fingerprint density at radius 1 is 0.545 bits per heavy atom. The normalized spacial score (nSPS) is 13.8. The smallest absolute Gasteiger partial charge is 0.472 e. The summed E-state index contributed by atoms with van der Waals surface area (Å²) in [6.07, 6.45) is 38.4. The summed E-state index contributed by atoms with van der Waals surface area (Å²) in [6, 6.07) is -1.52. The first kappa shape index (κ1) is 53.2. The standard InChI is InChI=1S/C43H82NO10P/c1-3-5-7-9-11-13-15-17-18-19-20-21-23-25-27-29-31-33-35-42(46)54-39(37-52-55(49,50)53-38-40(44)43(47)48)36-51-41(45)34-32-30-28-26-24-22-16-14-12-10-8-6-4-2/h15,17,39-40H,3-14,16,18-38,44H2,1-2H3,(H,47,48)(H,49,50)/b17-15-/t39-,40+/m1/s1. The number of hydrogen-bond acceptors (Lipinski definition) is 9. The molecule has 0 aromatic rings. The molecule has 0 amide bonds. The van der Waals surface area contributed by atoms with Crippen molar-refractivity contribution in [3.63, 3.8) is 0 Å². The predicted molar refractivity (Wildman–Crippen MR) is 222 cm³/mol. The molecule has 324 valence electrons. The van der Waals surface area contributed by atoms with Gasteiger partial charge in [0.25, 0.3) is 0 Å². The summed E-state index contributed by atoms with van der Waals surface area (Å²) < 4.78 is 32.7. The maximum absolute atomic E-state index is 12.6. The summed E-state index contributed by atoms with van der Waals surface area (Å²) in [6.45, 7) is 2.81. The lowest BCUT2D eigenvalue weighted by molar-refractivity contribution is -0.161. The van der Waals surface area contributed by atoms with Gasteiger partial charge in [0, 0.05) is 12.8 Å². The third-order valence-corrected chi connectivity index (χ3v) is 10.7. The van der Waals surface area contributed by atoms with Gasteiger partial charge in [0.15, 0.2) is 6.10 Å². The molecule has 55 heavy (non-hydrogen) atoms. The molecule has 0 aliphatic rings. The number of esters is 2. The van der Waals surface area contributed by atoms with Crippen LogP contribution in [0.4, 0.5) is 0 Å². The van der Waals surface area contributed by atoms with Crippen molar-refractivity contribution in [2.24, 2.45) is 5.73 Å². The van der Waals surface area contributed by atoms with Crippen molar-refractivity contribution >= 4 is 25.7 Å². The second kappa shape index (κ2) is 39.1. The van der Waals surface area contributed by atoms with E-state index in [0.717, 1.165) is 38.5 Å². The van der Waals surface area contributed by atoms with Gasteiger partial charge in [-0.05, 0) is 38.5 Å². The lowest BCUT2D eigenvalue weighted by Gasteiger charge is -2.20. The number of allylic oxidation sites excluding steroid dienone is 2. The average Bonchev–Trinajstić information content (AvgIpc) is 3.16. The highest BCUT2D eigenvalue weighted by molar-refractivity contribution is 7.47.